The molecule has 13 rings (SSSR count). The van der Waals surface area contributed by atoms with E-state index in [1.54, 1.807) is 0 Å². The van der Waals surface area contributed by atoms with Gasteiger partial charge in [0.1, 0.15) is 0 Å². The Morgan fingerprint density at radius 1 is 0.297 bits per heavy atom. The molecule has 1 aromatic heterocycles. The first-order valence-corrected chi connectivity index (χ1v) is 22.3. The van der Waals surface area contributed by atoms with Gasteiger partial charge in [-0.3, -0.25) is 0 Å². The molecule has 0 fully saturated rings. The summed E-state index contributed by atoms with van der Waals surface area (Å²) < 4.78 is 0. The van der Waals surface area contributed by atoms with E-state index in [0.29, 0.717) is 5.82 Å². The minimum atomic E-state index is -0.558. The van der Waals surface area contributed by atoms with Crippen LogP contribution in [0.25, 0.3) is 88.5 Å². The molecule has 0 amide bonds. The van der Waals surface area contributed by atoms with Gasteiger partial charge >= 0.3 is 0 Å². The lowest BCUT2D eigenvalue weighted by atomic mass is 9.55. The summed E-state index contributed by atoms with van der Waals surface area (Å²) in [7, 11) is 0. The molecule has 1 heterocycles. The van der Waals surface area contributed by atoms with Crippen LogP contribution in [0.15, 0.2) is 218 Å². The fourth-order valence-electron chi connectivity index (χ4n) is 11.5. The summed E-state index contributed by atoms with van der Waals surface area (Å²) in [5, 5.41) is 7.67. The zero-order valence-electron chi connectivity index (χ0n) is 35.7. The van der Waals surface area contributed by atoms with E-state index in [0.717, 1.165) is 28.1 Å². The van der Waals surface area contributed by atoms with Gasteiger partial charge in [0.15, 0.2) is 5.82 Å². The van der Waals surface area contributed by atoms with Crippen LogP contribution in [0.3, 0.4) is 0 Å². The molecule has 0 bridgehead atoms. The summed E-state index contributed by atoms with van der Waals surface area (Å²) in [6.45, 7) is 4.77. The van der Waals surface area contributed by atoms with Gasteiger partial charge in [-0.05, 0) is 106 Å². The van der Waals surface area contributed by atoms with E-state index >= 15 is 0 Å². The highest BCUT2D eigenvalue weighted by molar-refractivity contribution is 6.25. The first-order chi connectivity index (χ1) is 31.5. The highest BCUT2D eigenvalue weighted by Gasteiger charge is 2.53. The molecule has 0 unspecified atom stereocenters. The Morgan fingerprint density at radius 2 is 0.781 bits per heavy atom. The zero-order valence-corrected chi connectivity index (χ0v) is 35.7. The molecule has 2 aliphatic carbocycles. The van der Waals surface area contributed by atoms with Gasteiger partial charge < -0.3 is 0 Å². The van der Waals surface area contributed by atoms with Gasteiger partial charge in [0.25, 0.3) is 0 Å². The standard InChI is InChI=1S/C62H42N2/c1-61(2)52-27-13-15-29-54(52)62(55-30-16-14-28-53(55)61)51-35-33-42(41-32-34-47-45-24-10-9-22-43(45)44-23-11-12-25-46(44)49(47)36-41)37-50(51)59-48(26-17-31-56(59)62)58-38-57(39-18-5-3-6-19-39)63-60(64-58)40-20-7-4-8-21-40/h3-38H,1-2H3. The zero-order chi connectivity index (χ0) is 42.6. The van der Waals surface area contributed by atoms with E-state index < -0.39 is 5.41 Å². The molecule has 300 valence electrons. The smallest absolute Gasteiger partial charge is 0.160 e. The van der Waals surface area contributed by atoms with Gasteiger partial charge in [0.05, 0.1) is 16.8 Å². The number of rotatable bonds is 4. The molecule has 2 heteroatoms. The molecule has 1 spiro atoms. The average Bonchev–Trinajstić information content (AvgIpc) is 3.66. The van der Waals surface area contributed by atoms with Crippen molar-refractivity contribution in [2.24, 2.45) is 0 Å². The van der Waals surface area contributed by atoms with Gasteiger partial charge in [-0.15, -0.1) is 0 Å². The highest BCUT2D eigenvalue weighted by Crippen LogP contribution is 2.63. The van der Waals surface area contributed by atoms with Crippen molar-refractivity contribution in [3.05, 3.63) is 252 Å². The molecule has 0 saturated heterocycles. The van der Waals surface area contributed by atoms with Crippen LogP contribution >= 0.6 is 0 Å². The first kappa shape index (κ1) is 36.7. The average molecular weight is 815 g/mol. The second-order valence-electron chi connectivity index (χ2n) is 18.0. The second-order valence-corrected chi connectivity index (χ2v) is 18.0. The third kappa shape index (κ3) is 5.14. The summed E-state index contributed by atoms with van der Waals surface area (Å²) in [4.78, 5) is 10.7. The van der Waals surface area contributed by atoms with Gasteiger partial charge in [-0.25, -0.2) is 9.97 Å². The van der Waals surface area contributed by atoms with Gasteiger partial charge in [-0.1, -0.05) is 214 Å². The first-order valence-electron chi connectivity index (χ1n) is 22.3. The summed E-state index contributed by atoms with van der Waals surface area (Å²) in [5.41, 5.74) is 17.0. The Labute approximate surface area is 373 Å². The number of nitrogens with zero attached hydrogens (tertiary/aromatic N) is 2. The van der Waals surface area contributed by atoms with Crippen molar-refractivity contribution >= 4 is 32.3 Å². The van der Waals surface area contributed by atoms with Crippen LogP contribution in [0.1, 0.15) is 47.2 Å². The SMILES string of the molecule is CC1(C)c2ccccc2C2(c3ccc(-c4ccc5c6ccccc6c6ccccc6c5c4)cc3-c3c(-c4cc(-c5ccccc5)nc(-c5ccccc5)n4)cccc32)c2ccccc21. The van der Waals surface area contributed by atoms with Crippen LogP contribution < -0.4 is 0 Å². The van der Waals surface area contributed by atoms with E-state index in [1.165, 1.54) is 88.0 Å². The van der Waals surface area contributed by atoms with Gasteiger partial charge in [-0.2, -0.15) is 0 Å². The van der Waals surface area contributed by atoms with Crippen molar-refractivity contribution in [3.63, 3.8) is 0 Å². The fourth-order valence-corrected chi connectivity index (χ4v) is 11.5. The van der Waals surface area contributed by atoms with E-state index in [-0.39, 0.29) is 5.41 Å². The van der Waals surface area contributed by atoms with Gasteiger partial charge in [0.2, 0.25) is 0 Å². The Kier molecular flexibility index (Phi) is 7.90. The van der Waals surface area contributed by atoms with Gasteiger partial charge in [0, 0.05) is 22.1 Å². The molecule has 11 aromatic rings. The normalized spacial score (nSPS) is 14.0. The largest absolute Gasteiger partial charge is 0.228 e. The second kappa shape index (κ2) is 13.8. The minimum absolute atomic E-state index is 0.196. The molecule has 0 saturated carbocycles. The highest BCUT2D eigenvalue weighted by atomic mass is 14.9. The van der Waals surface area contributed by atoms with Crippen molar-refractivity contribution in [2.45, 2.75) is 24.7 Å². The molecule has 0 N–H and O–H groups in total. The maximum atomic E-state index is 5.45. The van der Waals surface area contributed by atoms with Crippen LogP contribution in [0.2, 0.25) is 0 Å². The lowest BCUT2D eigenvalue weighted by molar-refractivity contribution is 0.563. The Morgan fingerprint density at radius 3 is 1.42 bits per heavy atom. The molecule has 0 radical (unpaired) electrons. The molecular weight excluding hydrogens is 773 g/mol. The number of hydrogen-bond acceptors (Lipinski definition) is 2. The summed E-state index contributed by atoms with van der Waals surface area (Å²) in [6.07, 6.45) is 0. The van der Waals surface area contributed by atoms with Crippen LogP contribution in [0.5, 0.6) is 0 Å². The van der Waals surface area contributed by atoms with Crippen LogP contribution in [-0.2, 0) is 10.8 Å². The fraction of sp³-hybridized carbons (Fsp3) is 0.0645. The summed E-state index contributed by atoms with van der Waals surface area (Å²) in [6, 6.07) is 80.4. The van der Waals surface area contributed by atoms with Crippen molar-refractivity contribution < 1.29 is 0 Å². The predicted molar refractivity (Wildman–Crippen MR) is 266 cm³/mol. The summed E-state index contributed by atoms with van der Waals surface area (Å²) in [5.74, 6) is 0.710. The number of fused-ring (bicyclic) bond motifs is 15. The minimum Gasteiger partial charge on any atom is -0.228 e. The molecule has 10 aromatic carbocycles. The molecule has 0 aliphatic heterocycles. The number of aromatic nitrogens is 2. The van der Waals surface area contributed by atoms with Crippen molar-refractivity contribution in [1.29, 1.82) is 0 Å². The third-order valence-electron chi connectivity index (χ3n) is 14.4. The molecule has 2 aliphatic rings. The van der Waals surface area contributed by atoms with Crippen LogP contribution in [0, 0.1) is 0 Å². The van der Waals surface area contributed by atoms with Crippen molar-refractivity contribution in [1.82, 2.24) is 9.97 Å². The molecule has 0 atom stereocenters. The summed E-state index contributed by atoms with van der Waals surface area (Å²) >= 11 is 0. The predicted octanol–water partition coefficient (Wildman–Crippen LogP) is 15.6. The van der Waals surface area contributed by atoms with Crippen molar-refractivity contribution in [2.75, 3.05) is 0 Å². The lowest BCUT2D eigenvalue weighted by Gasteiger charge is -2.46. The molecular formula is C62H42N2. The van der Waals surface area contributed by atoms with E-state index in [9.17, 15) is 0 Å². The van der Waals surface area contributed by atoms with E-state index in [1.807, 2.05) is 6.07 Å². The van der Waals surface area contributed by atoms with Crippen molar-refractivity contribution in [3.8, 4) is 56.2 Å². The maximum absolute atomic E-state index is 5.45. The molecule has 64 heavy (non-hydrogen) atoms. The quantitative estimate of drug-likeness (QED) is 0.165. The number of hydrogen-bond donors (Lipinski definition) is 0. The maximum Gasteiger partial charge on any atom is 0.160 e. The Bertz CT molecular complexity index is 3550. The van der Waals surface area contributed by atoms with E-state index in [4.69, 9.17) is 9.97 Å². The Hall–Kier alpha value is -7.94. The number of benzene rings is 10. The monoisotopic (exact) mass is 814 g/mol. The van der Waals surface area contributed by atoms with E-state index in [2.05, 4.69) is 226 Å². The third-order valence-corrected chi connectivity index (χ3v) is 14.4. The van der Waals surface area contributed by atoms with Crippen LogP contribution in [0.4, 0.5) is 0 Å². The lowest BCUT2D eigenvalue weighted by Crippen LogP contribution is -2.40. The van der Waals surface area contributed by atoms with Crippen LogP contribution in [-0.4, -0.2) is 9.97 Å². The Balaban J connectivity index is 1.12. The molecule has 2 nitrogen and oxygen atoms in total. The topological polar surface area (TPSA) is 25.8 Å².